The molecule has 0 atom stereocenters. The van der Waals surface area contributed by atoms with Crippen LogP contribution < -0.4 is 5.73 Å². The molecule has 1 amide bonds. The van der Waals surface area contributed by atoms with E-state index in [0.29, 0.717) is 0 Å². The van der Waals surface area contributed by atoms with E-state index in [4.69, 9.17) is 10.8 Å². The number of carbonyl (C=O) groups excluding carboxylic acids is 1. The number of nitrogens with two attached hydrogens (primary N) is 1. The maximum Gasteiger partial charge on any atom is 0.248 e. The number of rotatable bonds is 3. The molecule has 3 N–H and O–H groups in total. The summed E-state index contributed by atoms with van der Waals surface area (Å²) in [4.78, 5) is 10.4. The Morgan fingerprint density at radius 3 is 2.20 bits per heavy atom. The fourth-order valence-electron chi connectivity index (χ4n) is 0.410. The molecule has 0 aliphatic rings. The minimum absolute atomic E-state index is 0.146. The van der Waals surface area contributed by atoms with Gasteiger partial charge in [0.25, 0.3) is 0 Å². The molecule has 0 aromatic heterocycles. The molecule has 3 nitrogen and oxygen atoms in total. The fourth-order valence-corrected chi connectivity index (χ4v) is 0.410. The number of allylic oxidation sites excluding steroid dienone is 1. The van der Waals surface area contributed by atoms with Crippen molar-refractivity contribution in [2.45, 2.75) is 0 Å². The molecule has 0 bridgehead atoms. The lowest BCUT2D eigenvalue weighted by atomic mass is 10.2. The van der Waals surface area contributed by atoms with E-state index in [9.17, 15) is 4.79 Å². The van der Waals surface area contributed by atoms with E-state index in [1.54, 1.807) is 0 Å². The van der Waals surface area contributed by atoms with Gasteiger partial charge in [0.15, 0.2) is 0 Å². The SMILES string of the molecule is C=C/C(=C\C(=C)O)C(N)=O. The summed E-state index contributed by atoms with van der Waals surface area (Å²) in [5.74, 6) is -0.848. The third kappa shape index (κ3) is 2.71. The number of primary amides is 1. The molecule has 0 radical (unpaired) electrons. The predicted octanol–water partition coefficient (Wildman–Crippen LogP) is 0.656. The summed E-state index contributed by atoms with van der Waals surface area (Å²) in [5, 5.41) is 8.58. The standard InChI is InChI=1S/C7H9NO2/c1-3-6(7(8)10)4-5(2)9/h3-4,9H,1-2H2,(H2,8,10)/b6-4+. The third-order valence-electron chi connectivity index (χ3n) is 0.827. The van der Waals surface area contributed by atoms with Crippen LogP contribution in [0.4, 0.5) is 0 Å². The molecular formula is C7H9NO2. The molecule has 0 rings (SSSR count). The van der Waals surface area contributed by atoms with Crippen LogP contribution >= 0.6 is 0 Å². The molecule has 0 aliphatic carbocycles. The van der Waals surface area contributed by atoms with Crippen LogP contribution in [-0.2, 0) is 4.79 Å². The molecule has 0 aromatic rings. The van der Waals surface area contributed by atoms with Crippen LogP contribution in [0.1, 0.15) is 0 Å². The molecule has 54 valence electrons. The average Bonchev–Trinajstić information content (AvgIpc) is 1.81. The summed E-state index contributed by atoms with van der Waals surface area (Å²) in [6.45, 7) is 6.46. The first-order valence-electron chi connectivity index (χ1n) is 2.59. The number of carbonyl (C=O) groups is 1. The first kappa shape index (κ1) is 8.49. The highest BCUT2D eigenvalue weighted by Crippen LogP contribution is 1.97. The number of aliphatic hydroxyl groups excluding tert-OH is 1. The zero-order chi connectivity index (χ0) is 8.15. The van der Waals surface area contributed by atoms with Crippen molar-refractivity contribution in [1.82, 2.24) is 0 Å². The Labute approximate surface area is 59.2 Å². The minimum Gasteiger partial charge on any atom is -0.509 e. The summed E-state index contributed by atoms with van der Waals surface area (Å²) in [5.41, 5.74) is 5.01. The Kier molecular flexibility index (Phi) is 2.97. The molecule has 10 heavy (non-hydrogen) atoms. The lowest BCUT2D eigenvalue weighted by Gasteiger charge is -1.92. The Hall–Kier alpha value is -1.51. The molecule has 0 saturated heterocycles. The van der Waals surface area contributed by atoms with E-state index in [1.807, 2.05) is 0 Å². The van der Waals surface area contributed by atoms with Crippen molar-refractivity contribution < 1.29 is 9.90 Å². The Morgan fingerprint density at radius 2 is 2.10 bits per heavy atom. The second-order valence-electron chi connectivity index (χ2n) is 1.66. The lowest BCUT2D eigenvalue weighted by Crippen LogP contribution is -2.12. The van der Waals surface area contributed by atoms with Crippen LogP contribution in [0.5, 0.6) is 0 Å². The van der Waals surface area contributed by atoms with Gasteiger partial charge in [0, 0.05) is 5.57 Å². The highest BCUT2D eigenvalue weighted by atomic mass is 16.3. The molecule has 0 spiro atoms. The van der Waals surface area contributed by atoms with Gasteiger partial charge in [-0.2, -0.15) is 0 Å². The van der Waals surface area contributed by atoms with Crippen molar-refractivity contribution in [3.63, 3.8) is 0 Å². The number of aliphatic hydroxyl groups is 1. The molecule has 0 saturated carbocycles. The number of hydrogen-bond acceptors (Lipinski definition) is 2. The Morgan fingerprint density at radius 1 is 1.60 bits per heavy atom. The van der Waals surface area contributed by atoms with Crippen molar-refractivity contribution >= 4 is 5.91 Å². The van der Waals surface area contributed by atoms with Crippen LogP contribution in [0.2, 0.25) is 0 Å². The molecule has 0 aliphatic heterocycles. The molecule has 0 heterocycles. The van der Waals surface area contributed by atoms with Crippen LogP contribution in [0.15, 0.2) is 36.6 Å². The average molecular weight is 139 g/mol. The Balaban J connectivity index is 4.49. The maximum absolute atomic E-state index is 10.4. The second-order valence-corrected chi connectivity index (χ2v) is 1.66. The van der Waals surface area contributed by atoms with E-state index in [-0.39, 0.29) is 11.3 Å². The summed E-state index contributed by atoms with van der Waals surface area (Å²) in [6.07, 6.45) is 2.40. The molecule has 3 heteroatoms. The van der Waals surface area contributed by atoms with Gasteiger partial charge >= 0.3 is 0 Å². The van der Waals surface area contributed by atoms with E-state index in [1.165, 1.54) is 6.08 Å². The number of amides is 1. The Bertz CT molecular complexity index is 204. The van der Waals surface area contributed by atoms with Gasteiger partial charge in [-0.1, -0.05) is 19.2 Å². The summed E-state index contributed by atoms with van der Waals surface area (Å²) in [7, 11) is 0. The highest BCUT2D eigenvalue weighted by molar-refractivity contribution is 5.95. The first-order chi connectivity index (χ1) is 4.57. The van der Waals surface area contributed by atoms with Crippen LogP contribution in [0.3, 0.4) is 0 Å². The van der Waals surface area contributed by atoms with Crippen molar-refractivity contribution in [3.8, 4) is 0 Å². The van der Waals surface area contributed by atoms with Crippen molar-refractivity contribution in [3.05, 3.63) is 36.6 Å². The van der Waals surface area contributed by atoms with Crippen LogP contribution in [-0.4, -0.2) is 11.0 Å². The van der Waals surface area contributed by atoms with Crippen LogP contribution in [0.25, 0.3) is 0 Å². The van der Waals surface area contributed by atoms with E-state index in [0.717, 1.165) is 6.08 Å². The molecule has 0 aromatic carbocycles. The number of hydrogen-bond donors (Lipinski definition) is 2. The van der Waals surface area contributed by atoms with Gasteiger partial charge in [-0.15, -0.1) is 0 Å². The van der Waals surface area contributed by atoms with Gasteiger partial charge in [-0.05, 0) is 6.08 Å². The summed E-state index contributed by atoms with van der Waals surface area (Å²) < 4.78 is 0. The quantitative estimate of drug-likeness (QED) is 0.342. The summed E-state index contributed by atoms with van der Waals surface area (Å²) in [6, 6.07) is 0. The fraction of sp³-hybridized carbons (Fsp3) is 0. The predicted molar refractivity (Wildman–Crippen MR) is 39.2 cm³/mol. The van der Waals surface area contributed by atoms with Crippen molar-refractivity contribution in [1.29, 1.82) is 0 Å². The van der Waals surface area contributed by atoms with E-state index in [2.05, 4.69) is 13.2 Å². The first-order valence-corrected chi connectivity index (χ1v) is 2.59. The van der Waals surface area contributed by atoms with Gasteiger partial charge in [0.2, 0.25) is 5.91 Å². The third-order valence-corrected chi connectivity index (χ3v) is 0.827. The topological polar surface area (TPSA) is 63.3 Å². The molecule has 0 fully saturated rings. The van der Waals surface area contributed by atoms with Gasteiger partial charge in [0.05, 0.1) is 0 Å². The van der Waals surface area contributed by atoms with Crippen LogP contribution in [0, 0.1) is 0 Å². The maximum atomic E-state index is 10.4. The smallest absolute Gasteiger partial charge is 0.248 e. The van der Waals surface area contributed by atoms with E-state index >= 15 is 0 Å². The van der Waals surface area contributed by atoms with Crippen molar-refractivity contribution in [2.75, 3.05) is 0 Å². The van der Waals surface area contributed by atoms with E-state index < -0.39 is 5.91 Å². The normalized spacial score (nSPS) is 10.6. The minimum atomic E-state index is -0.634. The van der Waals surface area contributed by atoms with Gasteiger partial charge in [-0.3, -0.25) is 4.79 Å². The van der Waals surface area contributed by atoms with Gasteiger partial charge in [0.1, 0.15) is 5.76 Å². The highest BCUT2D eigenvalue weighted by Gasteiger charge is 1.97. The molecular weight excluding hydrogens is 130 g/mol. The molecule has 0 unspecified atom stereocenters. The zero-order valence-corrected chi connectivity index (χ0v) is 5.50. The summed E-state index contributed by atoms with van der Waals surface area (Å²) >= 11 is 0. The zero-order valence-electron chi connectivity index (χ0n) is 5.50. The van der Waals surface area contributed by atoms with Gasteiger partial charge < -0.3 is 10.8 Å². The second kappa shape index (κ2) is 3.50. The largest absolute Gasteiger partial charge is 0.509 e. The van der Waals surface area contributed by atoms with Gasteiger partial charge in [-0.25, -0.2) is 0 Å². The lowest BCUT2D eigenvalue weighted by molar-refractivity contribution is -0.114. The van der Waals surface area contributed by atoms with Crippen molar-refractivity contribution in [2.24, 2.45) is 5.73 Å². The monoisotopic (exact) mass is 139 g/mol.